The van der Waals surface area contributed by atoms with E-state index in [4.69, 9.17) is 10.6 Å². The zero-order chi connectivity index (χ0) is 9.90. The molecular formula is C9H18N2O2. The van der Waals surface area contributed by atoms with E-state index in [1.807, 2.05) is 13.8 Å². The molecule has 13 heavy (non-hydrogen) atoms. The Labute approximate surface area is 79.0 Å². The molecule has 1 aliphatic rings. The maximum Gasteiger partial charge on any atom is 0.247 e. The third-order valence-corrected chi connectivity index (χ3v) is 1.89. The molecule has 1 saturated heterocycles. The number of hydrogen-bond donors (Lipinski definition) is 1. The van der Waals surface area contributed by atoms with Crippen molar-refractivity contribution < 1.29 is 9.63 Å². The summed E-state index contributed by atoms with van der Waals surface area (Å²) in [5.41, 5.74) is 5.29. The molecule has 1 aliphatic heterocycles. The molecule has 0 unspecified atom stereocenters. The van der Waals surface area contributed by atoms with E-state index in [0.717, 1.165) is 12.8 Å². The molecule has 2 N–H and O–H groups in total. The zero-order valence-corrected chi connectivity index (χ0v) is 8.38. The van der Waals surface area contributed by atoms with Crippen LogP contribution < -0.4 is 5.73 Å². The number of hydrogen-bond acceptors (Lipinski definition) is 3. The van der Waals surface area contributed by atoms with Gasteiger partial charge in [0, 0.05) is 18.5 Å². The molecule has 0 aromatic carbocycles. The lowest BCUT2D eigenvalue weighted by Crippen LogP contribution is -2.43. The van der Waals surface area contributed by atoms with Crippen molar-refractivity contribution in [1.82, 2.24) is 5.06 Å². The van der Waals surface area contributed by atoms with E-state index in [2.05, 4.69) is 0 Å². The van der Waals surface area contributed by atoms with Gasteiger partial charge in [0.1, 0.15) is 0 Å². The molecule has 0 radical (unpaired) electrons. The predicted octanol–water partition coefficient (Wildman–Crippen LogP) is 0.668. The largest absolute Gasteiger partial charge is 0.325 e. The predicted molar refractivity (Wildman–Crippen MR) is 49.8 cm³/mol. The van der Waals surface area contributed by atoms with Gasteiger partial charge in [0.2, 0.25) is 5.91 Å². The van der Waals surface area contributed by atoms with Gasteiger partial charge >= 0.3 is 0 Å². The summed E-state index contributed by atoms with van der Waals surface area (Å²) in [5.74, 6) is -0.00722. The molecular weight excluding hydrogens is 168 g/mol. The number of rotatable bonds is 2. The standard InChI is InChI=1S/C9H18N2O2/c1-9(2,10)7-8(12)11-5-3-4-6-13-11/h3-7,10H2,1-2H3. The Bertz CT molecular complexity index is 181. The fourth-order valence-electron chi connectivity index (χ4n) is 1.27. The lowest BCUT2D eigenvalue weighted by atomic mass is 10.0. The number of nitrogens with zero attached hydrogens (tertiary/aromatic N) is 1. The number of hydroxylamine groups is 2. The van der Waals surface area contributed by atoms with Crippen LogP contribution in [0.4, 0.5) is 0 Å². The topological polar surface area (TPSA) is 55.6 Å². The average molecular weight is 186 g/mol. The molecule has 0 bridgehead atoms. The molecule has 0 spiro atoms. The Morgan fingerprint density at radius 2 is 2.23 bits per heavy atom. The van der Waals surface area contributed by atoms with Crippen LogP contribution in [0.25, 0.3) is 0 Å². The van der Waals surface area contributed by atoms with Crippen molar-refractivity contribution in [3.63, 3.8) is 0 Å². The summed E-state index contributed by atoms with van der Waals surface area (Å²) >= 11 is 0. The molecule has 1 heterocycles. The Morgan fingerprint density at radius 3 is 2.69 bits per heavy atom. The van der Waals surface area contributed by atoms with Crippen LogP contribution in [0, 0.1) is 0 Å². The van der Waals surface area contributed by atoms with E-state index in [0.29, 0.717) is 19.6 Å². The number of carbonyl (C=O) groups is 1. The van der Waals surface area contributed by atoms with E-state index >= 15 is 0 Å². The van der Waals surface area contributed by atoms with E-state index in [-0.39, 0.29) is 5.91 Å². The maximum absolute atomic E-state index is 11.5. The highest BCUT2D eigenvalue weighted by Crippen LogP contribution is 2.11. The summed E-state index contributed by atoms with van der Waals surface area (Å²) in [5, 5.41) is 1.44. The molecule has 1 rings (SSSR count). The van der Waals surface area contributed by atoms with Crippen LogP contribution in [0.2, 0.25) is 0 Å². The smallest absolute Gasteiger partial charge is 0.247 e. The summed E-state index contributed by atoms with van der Waals surface area (Å²) < 4.78 is 0. The second-order valence-electron chi connectivity index (χ2n) is 4.20. The van der Waals surface area contributed by atoms with Crippen LogP contribution >= 0.6 is 0 Å². The summed E-state index contributed by atoms with van der Waals surface area (Å²) in [6, 6.07) is 0. The van der Waals surface area contributed by atoms with Gasteiger partial charge in [0.05, 0.1) is 6.61 Å². The highest BCUT2D eigenvalue weighted by molar-refractivity contribution is 5.76. The quantitative estimate of drug-likeness (QED) is 0.689. The molecule has 0 aromatic heterocycles. The van der Waals surface area contributed by atoms with Crippen LogP contribution in [0.15, 0.2) is 0 Å². The summed E-state index contributed by atoms with van der Waals surface area (Å²) in [7, 11) is 0. The molecule has 1 fully saturated rings. The highest BCUT2D eigenvalue weighted by Gasteiger charge is 2.23. The van der Waals surface area contributed by atoms with Gasteiger partial charge in [0.25, 0.3) is 0 Å². The normalized spacial score (nSPS) is 18.8. The molecule has 0 aromatic rings. The van der Waals surface area contributed by atoms with Gasteiger partial charge in [-0.1, -0.05) is 0 Å². The third-order valence-electron chi connectivity index (χ3n) is 1.89. The van der Waals surface area contributed by atoms with Gasteiger partial charge in [-0.3, -0.25) is 9.63 Å². The highest BCUT2D eigenvalue weighted by atomic mass is 16.7. The van der Waals surface area contributed by atoms with Crippen molar-refractivity contribution in [2.75, 3.05) is 13.2 Å². The second-order valence-corrected chi connectivity index (χ2v) is 4.20. The Kier molecular flexibility index (Phi) is 3.27. The van der Waals surface area contributed by atoms with Crippen molar-refractivity contribution in [2.45, 2.75) is 38.6 Å². The first-order valence-electron chi connectivity index (χ1n) is 4.71. The minimum Gasteiger partial charge on any atom is -0.325 e. The first-order chi connectivity index (χ1) is 5.99. The first kappa shape index (κ1) is 10.5. The Morgan fingerprint density at radius 1 is 1.54 bits per heavy atom. The van der Waals surface area contributed by atoms with Crippen molar-refractivity contribution in [1.29, 1.82) is 0 Å². The van der Waals surface area contributed by atoms with Crippen LogP contribution in [-0.2, 0) is 9.63 Å². The molecule has 4 heteroatoms. The van der Waals surface area contributed by atoms with E-state index in [9.17, 15) is 4.79 Å². The SMILES string of the molecule is CC(C)(N)CC(=O)N1CCCCO1. The third kappa shape index (κ3) is 3.74. The Balaban J connectivity index is 2.38. The van der Waals surface area contributed by atoms with Gasteiger partial charge in [-0.25, -0.2) is 5.06 Å². The van der Waals surface area contributed by atoms with Crippen LogP contribution in [0.3, 0.4) is 0 Å². The molecule has 0 atom stereocenters. The van der Waals surface area contributed by atoms with Gasteiger partial charge < -0.3 is 5.73 Å². The molecule has 0 aliphatic carbocycles. The number of amides is 1. The first-order valence-corrected chi connectivity index (χ1v) is 4.71. The van der Waals surface area contributed by atoms with Crippen LogP contribution in [0.1, 0.15) is 33.1 Å². The van der Waals surface area contributed by atoms with E-state index in [1.165, 1.54) is 5.06 Å². The van der Waals surface area contributed by atoms with Gasteiger partial charge in [-0.15, -0.1) is 0 Å². The lowest BCUT2D eigenvalue weighted by molar-refractivity contribution is -0.198. The average Bonchev–Trinajstić information content (AvgIpc) is 2.03. The minimum absolute atomic E-state index is 0.00722. The monoisotopic (exact) mass is 186 g/mol. The molecule has 4 nitrogen and oxygen atoms in total. The maximum atomic E-state index is 11.5. The summed E-state index contributed by atoms with van der Waals surface area (Å²) in [6.07, 6.45) is 2.40. The van der Waals surface area contributed by atoms with E-state index in [1.54, 1.807) is 0 Å². The van der Waals surface area contributed by atoms with Gasteiger partial charge in [-0.05, 0) is 26.7 Å². The zero-order valence-electron chi connectivity index (χ0n) is 8.38. The number of nitrogens with two attached hydrogens (primary N) is 1. The van der Waals surface area contributed by atoms with Crippen molar-refractivity contribution in [2.24, 2.45) is 5.73 Å². The van der Waals surface area contributed by atoms with Gasteiger partial charge in [-0.2, -0.15) is 0 Å². The molecule has 76 valence electrons. The lowest BCUT2D eigenvalue weighted by Gasteiger charge is -2.28. The molecule has 1 amide bonds. The fraction of sp³-hybridized carbons (Fsp3) is 0.889. The van der Waals surface area contributed by atoms with E-state index < -0.39 is 5.54 Å². The van der Waals surface area contributed by atoms with Crippen LogP contribution in [0.5, 0.6) is 0 Å². The fourth-order valence-corrected chi connectivity index (χ4v) is 1.27. The second kappa shape index (κ2) is 4.07. The Hall–Kier alpha value is -0.610. The molecule has 0 saturated carbocycles. The van der Waals surface area contributed by atoms with Crippen molar-refractivity contribution in [3.8, 4) is 0 Å². The van der Waals surface area contributed by atoms with Gasteiger partial charge in [0.15, 0.2) is 0 Å². The van der Waals surface area contributed by atoms with Crippen molar-refractivity contribution >= 4 is 5.91 Å². The number of carbonyl (C=O) groups excluding carboxylic acids is 1. The summed E-state index contributed by atoms with van der Waals surface area (Å²) in [4.78, 5) is 16.7. The minimum atomic E-state index is -0.447. The summed E-state index contributed by atoms with van der Waals surface area (Å²) in [6.45, 7) is 5.04. The van der Waals surface area contributed by atoms with Crippen molar-refractivity contribution in [3.05, 3.63) is 0 Å². The van der Waals surface area contributed by atoms with Crippen LogP contribution in [-0.4, -0.2) is 29.7 Å².